The number of aryl methyl sites for hydroxylation is 1. The first-order valence-corrected chi connectivity index (χ1v) is 6.74. The van der Waals surface area contributed by atoms with E-state index in [1.807, 2.05) is 0 Å². The summed E-state index contributed by atoms with van der Waals surface area (Å²) in [6.45, 7) is 2.01. The number of nitrogens with two attached hydrogens (primary N) is 1. The Morgan fingerprint density at radius 1 is 1.25 bits per heavy atom. The minimum absolute atomic E-state index is 0.641. The van der Waals surface area contributed by atoms with Gasteiger partial charge in [0.25, 0.3) is 0 Å². The van der Waals surface area contributed by atoms with Gasteiger partial charge in [-0.25, -0.2) is 0 Å². The van der Waals surface area contributed by atoms with Crippen LogP contribution in [0.3, 0.4) is 0 Å². The highest BCUT2D eigenvalue weighted by molar-refractivity contribution is 7.98. The first-order chi connectivity index (χ1) is 7.85. The SMILES string of the molecule is CSc1cc2c(cc1CCCN)OCCO2. The quantitative estimate of drug-likeness (QED) is 0.817. The van der Waals surface area contributed by atoms with E-state index in [0.29, 0.717) is 13.2 Å². The zero-order valence-electron chi connectivity index (χ0n) is 9.49. The summed E-state index contributed by atoms with van der Waals surface area (Å²) in [6.07, 6.45) is 4.09. The van der Waals surface area contributed by atoms with Gasteiger partial charge in [0.1, 0.15) is 13.2 Å². The fourth-order valence-electron chi connectivity index (χ4n) is 1.79. The van der Waals surface area contributed by atoms with Crippen LogP contribution < -0.4 is 15.2 Å². The van der Waals surface area contributed by atoms with Gasteiger partial charge in [-0.2, -0.15) is 0 Å². The molecule has 16 heavy (non-hydrogen) atoms. The molecule has 3 nitrogen and oxygen atoms in total. The van der Waals surface area contributed by atoms with E-state index in [4.69, 9.17) is 15.2 Å². The summed E-state index contributed by atoms with van der Waals surface area (Å²) < 4.78 is 11.1. The Kier molecular flexibility index (Phi) is 3.96. The van der Waals surface area contributed by atoms with Crippen molar-refractivity contribution >= 4 is 11.8 Å². The number of fused-ring (bicyclic) bond motifs is 1. The molecule has 1 aromatic carbocycles. The minimum atomic E-state index is 0.641. The van der Waals surface area contributed by atoms with Crippen molar-refractivity contribution in [1.82, 2.24) is 0 Å². The van der Waals surface area contributed by atoms with Crippen LogP contribution in [0.4, 0.5) is 0 Å². The van der Waals surface area contributed by atoms with E-state index >= 15 is 0 Å². The third kappa shape index (κ3) is 2.44. The molecule has 0 fully saturated rings. The van der Waals surface area contributed by atoms with Crippen molar-refractivity contribution in [3.63, 3.8) is 0 Å². The summed E-state index contributed by atoms with van der Waals surface area (Å²) in [5, 5.41) is 0. The number of rotatable bonds is 4. The molecule has 2 N–H and O–H groups in total. The third-order valence-corrected chi connectivity index (χ3v) is 3.42. The van der Waals surface area contributed by atoms with E-state index < -0.39 is 0 Å². The van der Waals surface area contributed by atoms with E-state index in [0.717, 1.165) is 30.9 Å². The molecule has 1 aliphatic heterocycles. The second kappa shape index (κ2) is 5.46. The topological polar surface area (TPSA) is 44.5 Å². The molecule has 0 bridgehead atoms. The van der Waals surface area contributed by atoms with Crippen molar-refractivity contribution in [2.75, 3.05) is 26.0 Å². The summed E-state index contributed by atoms with van der Waals surface area (Å²) in [7, 11) is 0. The molecular formula is C12H17NO2S. The molecule has 1 aliphatic rings. The summed E-state index contributed by atoms with van der Waals surface area (Å²) in [4.78, 5) is 1.26. The average Bonchev–Trinajstić information content (AvgIpc) is 2.35. The van der Waals surface area contributed by atoms with Gasteiger partial charge in [0.2, 0.25) is 0 Å². The third-order valence-electron chi connectivity index (χ3n) is 2.60. The van der Waals surface area contributed by atoms with Crippen LogP contribution >= 0.6 is 11.8 Å². The summed E-state index contributed by atoms with van der Waals surface area (Å²) in [5.74, 6) is 1.74. The Bertz CT molecular complexity index is 368. The van der Waals surface area contributed by atoms with E-state index in [2.05, 4.69) is 18.4 Å². The standard InChI is InChI=1S/C12H17NO2S/c1-16-12-8-11-10(14-5-6-15-11)7-9(12)3-2-4-13/h7-8H,2-6,13H2,1H3. The number of thioether (sulfide) groups is 1. The molecule has 0 radical (unpaired) electrons. The summed E-state index contributed by atoms with van der Waals surface area (Å²) >= 11 is 1.74. The average molecular weight is 239 g/mol. The van der Waals surface area contributed by atoms with Crippen LogP contribution in [0.15, 0.2) is 17.0 Å². The van der Waals surface area contributed by atoms with E-state index in [9.17, 15) is 0 Å². The minimum Gasteiger partial charge on any atom is -0.486 e. The van der Waals surface area contributed by atoms with Gasteiger partial charge in [-0.05, 0) is 43.3 Å². The lowest BCUT2D eigenvalue weighted by Crippen LogP contribution is -2.15. The van der Waals surface area contributed by atoms with Crippen LogP contribution in [-0.2, 0) is 6.42 Å². The van der Waals surface area contributed by atoms with Crippen LogP contribution in [-0.4, -0.2) is 26.0 Å². The zero-order valence-corrected chi connectivity index (χ0v) is 10.3. The van der Waals surface area contributed by atoms with Gasteiger partial charge in [0.05, 0.1) is 0 Å². The first kappa shape index (κ1) is 11.6. The lowest BCUT2D eigenvalue weighted by atomic mass is 10.1. The van der Waals surface area contributed by atoms with Crippen LogP contribution in [0.2, 0.25) is 0 Å². The molecule has 0 aliphatic carbocycles. The largest absolute Gasteiger partial charge is 0.486 e. The maximum Gasteiger partial charge on any atom is 0.162 e. The van der Waals surface area contributed by atoms with Crippen molar-refractivity contribution in [3.8, 4) is 11.5 Å². The Morgan fingerprint density at radius 3 is 2.56 bits per heavy atom. The lowest BCUT2D eigenvalue weighted by molar-refractivity contribution is 0.171. The van der Waals surface area contributed by atoms with Gasteiger partial charge < -0.3 is 15.2 Å². The summed E-state index contributed by atoms with van der Waals surface area (Å²) in [6, 6.07) is 4.17. The Hall–Kier alpha value is -0.870. The van der Waals surface area contributed by atoms with Crippen molar-refractivity contribution in [3.05, 3.63) is 17.7 Å². The number of hydrogen-bond donors (Lipinski definition) is 1. The van der Waals surface area contributed by atoms with E-state index in [1.54, 1.807) is 11.8 Å². The molecule has 0 spiro atoms. The van der Waals surface area contributed by atoms with Gasteiger partial charge in [-0.3, -0.25) is 0 Å². The molecule has 0 atom stereocenters. The molecule has 1 heterocycles. The molecule has 0 saturated carbocycles. The van der Waals surface area contributed by atoms with Crippen LogP contribution in [0.1, 0.15) is 12.0 Å². The second-order valence-electron chi connectivity index (χ2n) is 3.70. The second-order valence-corrected chi connectivity index (χ2v) is 4.55. The Balaban J connectivity index is 2.28. The van der Waals surface area contributed by atoms with Crippen LogP contribution in [0, 0.1) is 0 Å². The highest BCUT2D eigenvalue weighted by atomic mass is 32.2. The molecule has 4 heteroatoms. The Morgan fingerprint density at radius 2 is 1.94 bits per heavy atom. The van der Waals surface area contributed by atoms with Gasteiger partial charge in [-0.15, -0.1) is 11.8 Å². The monoisotopic (exact) mass is 239 g/mol. The predicted molar refractivity (Wildman–Crippen MR) is 66.6 cm³/mol. The van der Waals surface area contributed by atoms with Crippen molar-refractivity contribution in [2.24, 2.45) is 5.73 Å². The van der Waals surface area contributed by atoms with Crippen molar-refractivity contribution in [2.45, 2.75) is 17.7 Å². The fourth-order valence-corrected chi connectivity index (χ4v) is 2.44. The molecule has 0 unspecified atom stereocenters. The van der Waals surface area contributed by atoms with Crippen molar-refractivity contribution in [1.29, 1.82) is 0 Å². The smallest absolute Gasteiger partial charge is 0.162 e. The molecule has 2 rings (SSSR count). The highest BCUT2D eigenvalue weighted by Gasteiger charge is 2.15. The maximum atomic E-state index is 5.58. The van der Waals surface area contributed by atoms with E-state index in [-0.39, 0.29) is 0 Å². The number of hydrogen-bond acceptors (Lipinski definition) is 4. The van der Waals surface area contributed by atoms with Gasteiger partial charge >= 0.3 is 0 Å². The fraction of sp³-hybridized carbons (Fsp3) is 0.500. The molecular weight excluding hydrogens is 222 g/mol. The molecule has 0 saturated heterocycles. The first-order valence-electron chi connectivity index (χ1n) is 5.51. The normalized spacial score (nSPS) is 13.9. The number of ether oxygens (including phenoxy) is 2. The maximum absolute atomic E-state index is 5.58. The Labute approximate surface area is 100 Å². The van der Waals surface area contributed by atoms with Gasteiger partial charge in [0.15, 0.2) is 11.5 Å². The molecule has 1 aromatic rings. The van der Waals surface area contributed by atoms with Gasteiger partial charge in [-0.1, -0.05) is 0 Å². The molecule has 0 aromatic heterocycles. The van der Waals surface area contributed by atoms with Crippen LogP contribution in [0.25, 0.3) is 0 Å². The lowest BCUT2D eigenvalue weighted by Gasteiger charge is -2.20. The highest BCUT2D eigenvalue weighted by Crippen LogP contribution is 2.36. The van der Waals surface area contributed by atoms with E-state index in [1.165, 1.54) is 10.5 Å². The van der Waals surface area contributed by atoms with Crippen molar-refractivity contribution < 1.29 is 9.47 Å². The molecule has 0 amide bonds. The predicted octanol–water partition coefficient (Wildman–Crippen LogP) is 2.07. The summed E-state index contributed by atoms with van der Waals surface area (Å²) in [5.41, 5.74) is 6.85. The number of benzene rings is 1. The van der Waals surface area contributed by atoms with Gasteiger partial charge in [0, 0.05) is 4.90 Å². The zero-order chi connectivity index (χ0) is 11.4. The van der Waals surface area contributed by atoms with Crippen LogP contribution in [0.5, 0.6) is 11.5 Å². The molecule has 88 valence electrons.